The summed E-state index contributed by atoms with van der Waals surface area (Å²) >= 11 is 0. The number of hydrogen-bond acceptors (Lipinski definition) is 4. The molecule has 2 fully saturated rings. The molecule has 4 N–H and O–H groups in total. The van der Waals surface area contributed by atoms with E-state index >= 15 is 0 Å². The summed E-state index contributed by atoms with van der Waals surface area (Å²) in [7, 11) is -2.75. The largest absolute Gasteiger partial charge is 0.323 e. The van der Waals surface area contributed by atoms with E-state index in [-0.39, 0.29) is 5.91 Å². The molecule has 6 rings (SSSR count). The van der Waals surface area contributed by atoms with Crippen LogP contribution in [0.1, 0.15) is 13.8 Å². The van der Waals surface area contributed by atoms with Gasteiger partial charge in [-0.3, -0.25) is 20.7 Å². The van der Waals surface area contributed by atoms with Gasteiger partial charge in [-0.15, -0.1) is 0 Å². The molecule has 0 bridgehead atoms. The number of urea groups is 1. The van der Waals surface area contributed by atoms with Gasteiger partial charge in [0, 0.05) is 7.92 Å². The molecule has 0 saturated carbocycles. The first-order valence-electron chi connectivity index (χ1n) is 12.9. The van der Waals surface area contributed by atoms with Gasteiger partial charge in [0.1, 0.15) is 0 Å². The van der Waals surface area contributed by atoms with Crippen LogP contribution in [0.2, 0.25) is 0 Å². The predicted molar refractivity (Wildman–Crippen MR) is 161 cm³/mol. The molecular formula is C31H30N4O2P2. The van der Waals surface area contributed by atoms with E-state index in [1.807, 2.05) is 86.6 Å². The molecule has 2 aliphatic rings. The van der Waals surface area contributed by atoms with Crippen LogP contribution in [-0.4, -0.2) is 28.3 Å². The van der Waals surface area contributed by atoms with Crippen LogP contribution in [0.4, 0.5) is 4.79 Å². The highest BCUT2D eigenvalue weighted by Gasteiger charge is 2.74. The highest BCUT2D eigenvalue weighted by atomic mass is 31.1. The molecule has 196 valence electrons. The molecule has 2 heterocycles. The molecule has 2 saturated heterocycles. The maximum atomic E-state index is 14.6. The normalized spacial score (nSPS) is 23.8. The second-order valence-corrected chi connectivity index (χ2v) is 15.0. The van der Waals surface area contributed by atoms with Gasteiger partial charge in [-0.05, 0) is 43.0 Å². The number of carbonyl (C=O) groups is 2. The number of amides is 3. The van der Waals surface area contributed by atoms with Gasteiger partial charge >= 0.3 is 6.03 Å². The minimum absolute atomic E-state index is 0.331. The highest BCUT2D eigenvalue weighted by molar-refractivity contribution is 7.79. The number of benzene rings is 4. The van der Waals surface area contributed by atoms with Crippen molar-refractivity contribution in [2.24, 2.45) is 0 Å². The zero-order chi connectivity index (χ0) is 27.1. The number of fused-ring (bicyclic) bond motifs is 1. The maximum Gasteiger partial charge on any atom is 0.323 e. The van der Waals surface area contributed by atoms with Crippen molar-refractivity contribution in [1.29, 1.82) is 0 Å². The molecule has 39 heavy (non-hydrogen) atoms. The van der Waals surface area contributed by atoms with Gasteiger partial charge < -0.3 is 5.32 Å². The van der Waals surface area contributed by atoms with Crippen molar-refractivity contribution in [3.63, 3.8) is 0 Å². The van der Waals surface area contributed by atoms with E-state index < -0.39 is 38.2 Å². The SMILES string of the molecule is CC1(C)NC2(P(c3ccccc3)c3ccccc3)NC(=O)NC(=O)C2(P(c2ccccc2)c2ccccc2)N1. The third-order valence-electron chi connectivity index (χ3n) is 7.09. The Balaban J connectivity index is 1.72. The molecule has 8 heteroatoms. The summed E-state index contributed by atoms with van der Waals surface area (Å²) in [5, 5.41) is 15.4. The fraction of sp³-hybridized carbons (Fsp3) is 0.161. The van der Waals surface area contributed by atoms with Crippen molar-refractivity contribution < 1.29 is 9.59 Å². The summed E-state index contributed by atoms with van der Waals surface area (Å²) in [6.07, 6.45) is 0. The number of imide groups is 1. The van der Waals surface area contributed by atoms with E-state index in [1.165, 1.54) is 0 Å². The van der Waals surface area contributed by atoms with Gasteiger partial charge in [0.05, 0.1) is 5.66 Å². The molecule has 4 aromatic carbocycles. The lowest BCUT2D eigenvalue weighted by Gasteiger charge is -2.54. The predicted octanol–water partition coefficient (Wildman–Crippen LogP) is 3.37. The molecule has 4 aromatic rings. The molecule has 2 atom stereocenters. The van der Waals surface area contributed by atoms with E-state index in [1.54, 1.807) is 0 Å². The van der Waals surface area contributed by atoms with Crippen molar-refractivity contribution >= 4 is 49.0 Å². The molecule has 0 aromatic heterocycles. The van der Waals surface area contributed by atoms with Gasteiger partial charge in [-0.1, -0.05) is 121 Å². The highest BCUT2D eigenvalue weighted by Crippen LogP contribution is 2.65. The van der Waals surface area contributed by atoms with Crippen LogP contribution >= 0.6 is 15.8 Å². The summed E-state index contributed by atoms with van der Waals surface area (Å²) in [6.45, 7) is 4.06. The van der Waals surface area contributed by atoms with Crippen molar-refractivity contribution in [1.82, 2.24) is 21.3 Å². The molecular weight excluding hydrogens is 522 g/mol. The lowest BCUT2D eigenvalue weighted by molar-refractivity contribution is -0.125. The van der Waals surface area contributed by atoms with E-state index in [0.29, 0.717) is 0 Å². The standard InChI is InChI=1S/C31H30N4O2P2/c1-29(2)34-30(38(23-15-7-3-8-16-23)24-17-9-4-10-18-24)27(36)32-28(37)33-31(30,35-29)39(25-19-11-5-12-20-25)26-21-13-6-14-22-26/h3-22,34-35H,1-2H3,(H2,32,33,36,37). The Labute approximate surface area is 231 Å². The second kappa shape index (κ2) is 9.97. The topological polar surface area (TPSA) is 82.3 Å². The Morgan fingerprint density at radius 1 is 0.538 bits per heavy atom. The van der Waals surface area contributed by atoms with Crippen LogP contribution in [-0.2, 0) is 4.79 Å². The summed E-state index contributed by atoms with van der Waals surface area (Å²) < 4.78 is 0. The van der Waals surface area contributed by atoms with Gasteiger partial charge in [0.25, 0.3) is 5.91 Å². The lowest BCUT2D eigenvalue weighted by Crippen LogP contribution is -2.80. The maximum absolute atomic E-state index is 14.6. The first-order chi connectivity index (χ1) is 18.9. The van der Waals surface area contributed by atoms with Crippen LogP contribution in [0, 0.1) is 0 Å². The molecule has 2 aliphatic heterocycles. The Kier molecular flexibility index (Phi) is 6.61. The van der Waals surface area contributed by atoms with Crippen LogP contribution in [0.5, 0.6) is 0 Å². The number of hydrogen-bond donors (Lipinski definition) is 4. The minimum atomic E-state index is -1.39. The lowest BCUT2D eigenvalue weighted by atomic mass is 10.1. The quantitative estimate of drug-likeness (QED) is 0.277. The molecule has 0 radical (unpaired) electrons. The molecule has 2 unspecified atom stereocenters. The Morgan fingerprint density at radius 3 is 1.33 bits per heavy atom. The molecule has 3 amide bonds. The van der Waals surface area contributed by atoms with Crippen LogP contribution in [0.3, 0.4) is 0 Å². The first-order valence-corrected chi connectivity index (χ1v) is 15.6. The van der Waals surface area contributed by atoms with Gasteiger partial charge in [0.2, 0.25) is 0 Å². The molecule has 6 nitrogen and oxygen atoms in total. The summed E-state index contributed by atoms with van der Waals surface area (Å²) in [5.74, 6) is -0.331. The van der Waals surface area contributed by atoms with E-state index in [9.17, 15) is 9.59 Å². The van der Waals surface area contributed by atoms with Gasteiger partial charge in [0.15, 0.2) is 10.7 Å². The van der Waals surface area contributed by atoms with Crippen molar-refractivity contribution in [3.8, 4) is 0 Å². The number of carbonyl (C=O) groups excluding carboxylic acids is 2. The monoisotopic (exact) mass is 552 g/mol. The van der Waals surface area contributed by atoms with E-state index in [4.69, 9.17) is 0 Å². The average Bonchev–Trinajstić information content (AvgIpc) is 3.19. The van der Waals surface area contributed by atoms with Crippen LogP contribution in [0.25, 0.3) is 0 Å². The first kappa shape index (κ1) is 25.9. The third kappa shape index (κ3) is 4.29. The number of rotatable bonds is 6. The molecule has 0 aliphatic carbocycles. The van der Waals surface area contributed by atoms with Crippen molar-refractivity contribution in [3.05, 3.63) is 121 Å². The second-order valence-electron chi connectivity index (χ2n) is 10.2. The smallest absolute Gasteiger partial charge is 0.313 e. The Morgan fingerprint density at radius 2 is 0.923 bits per heavy atom. The summed E-state index contributed by atoms with van der Waals surface area (Å²) in [5.41, 5.74) is -0.691. The van der Waals surface area contributed by atoms with Crippen LogP contribution < -0.4 is 42.5 Å². The van der Waals surface area contributed by atoms with E-state index in [0.717, 1.165) is 21.2 Å². The van der Waals surface area contributed by atoms with Crippen molar-refractivity contribution in [2.75, 3.05) is 0 Å². The fourth-order valence-electron chi connectivity index (χ4n) is 5.82. The van der Waals surface area contributed by atoms with Gasteiger partial charge in [-0.2, -0.15) is 0 Å². The Bertz CT molecular complexity index is 1410. The summed E-state index contributed by atoms with van der Waals surface area (Å²) in [4.78, 5) is 28.0. The zero-order valence-corrected chi connectivity index (χ0v) is 23.5. The van der Waals surface area contributed by atoms with Crippen molar-refractivity contribution in [2.45, 2.75) is 30.2 Å². The fourth-order valence-corrected chi connectivity index (χ4v) is 12.6. The van der Waals surface area contributed by atoms with Gasteiger partial charge in [-0.25, -0.2) is 4.79 Å². The van der Waals surface area contributed by atoms with E-state index in [2.05, 4.69) is 69.8 Å². The minimum Gasteiger partial charge on any atom is -0.313 e. The molecule has 0 spiro atoms. The Hall–Kier alpha value is -3.40. The zero-order valence-electron chi connectivity index (χ0n) is 21.8. The number of nitrogens with one attached hydrogen (secondary N) is 4. The van der Waals surface area contributed by atoms with Crippen LogP contribution in [0.15, 0.2) is 121 Å². The average molecular weight is 553 g/mol. The summed E-state index contributed by atoms with van der Waals surface area (Å²) in [6, 6.07) is 40.3. The third-order valence-corrected chi connectivity index (χ3v) is 13.1.